The molecular weight excluding hydrogens is 228 g/mol. The number of aryl methyl sites for hydroxylation is 1. The molecule has 0 radical (unpaired) electrons. The molecule has 1 heterocycles. The highest BCUT2D eigenvalue weighted by Gasteiger charge is 2.05. The van der Waals surface area contributed by atoms with E-state index in [4.69, 9.17) is 15.2 Å². The summed E-state index contributed by atoms with van der Waals surface area (Å²) in [6.07, 6.45) is 0. The molecule has 4 heteroatoms. The van der Waals surface area contributed by atoms with Crippen LogP contribution in [0.3, 0.4) is 0 Å². The van der Waals surface area contributed by atoms with E-state index in [0.29, 0.717) is 23.9 Å². The first-order valence-corrected chi connectivity index (χ1v) is 5.83. The molecule has 18 heavy (non-hydrogen) atoms. The quantitative estimate of drug-likeness (QED) is 0.897. The minimum Gasteiger partial charge on any atom is -0.494 e. The van der Waals surface area contributed by atoms with E-state index in [2.05, 4.69) is 4.98 Å². The topological polar surface area (TPSA) is 57.4 Å². The molecule has 0 unspecified atom stereocenters. The monoisotopic (exact) mass is 244 g/mol. The van der Waals surface area contributed by atoms with Crippen LogP contribution in [0, 0.1) is 6.92 Å². The van der Waals surface area contributed by atoms with Crippen LogP contribution in [0.15, 0.2) is 36.4 Å². The molecule has 1 aromatic carbocycles. The number of rotatable bonds is 4. The Hall–Kier alpha value is -2.23. The van der Waals surface area contributed by atoms with Gasteiger partial charge in [0.25, 0.3) is 0 Å². The summed E-state index contributed by atoms with van der Waals surface area (Å²) in [5, 5.41) is 0. The third-order valence-electron chi connectivity index (χ3n) is 2.36. The van der Waals surface area contributed by atoms with Gasteiger partial charge in [-0.05, 0) is 38.1 Å². The van der Waals surface area contributed by atoms with Crippen LogP contribution < -0.4 is 15.2 Å². The summed E-state index contributed by atoms with van der Waals surface area (Å²) in [6.45, 7) is 4.45. The normalized spacial score (nSPS) is 10.1. The molecule has 0 fully saturated rings. The average molecular weight is 244 g/mol. The van der Waals surface area contributed by atoms with Crippen LogP contribution in [0.1, 0.15) is 12.6 Å². The SMILES string of the molecule is CCOc1cccc(Oc2nc(C)ccc2N)c1. The molecule has 0 aliphatic heterocycles. The van der Waals surface area contributed by atoms with Gasteiger partial charge in [0, 0.05) is 11.8 Å². The number of hydrogen-bond acceptors (Lipinski definition) is 4. The number of nitrogens with zero attached hydrogens (tertiary/aromatic N) is 1. The van der Waals surface area contributed by atoms with Gasteiger partial charge in [-0.2, -0.15) is 0 Å². The summed E-state index contributed by atoms with van der Waals surface area (Å²) < 4.78 is 11.1. The van der Waals surface area contributed by atoms with Gasteiger partial charge in [0.2, 0.25) is 5.88 Å². The van der Waals surface area contributed by atoms with E-state index in [0.717, 1.165) is 11.4 Å². The molecule has 0 aliphatic carbocycles. The Morgan fingerprint density at radius 1 is 1.17 bits per heavy atom. The number of anilines is 1. The van der Waals surface area contributed by atoms with Gasteiger partial charge in [-0.25, -0.2) is 4.98 Å². The summed E-state index contributed by atoms with van der Waals surface area (Å²) in [7, 11) is 0. The number of nitrogens with two attached hydrogens (primary N) is 1. The number of benzene rings is 1. The smallest absolute Gasteiger partial charge is 0.242 e. The van der Waals surface area contributed by atoms with Gasteiger partial charge in [-0.15, -0.1) is 0 Å². The van der Waals surface area contributed by atoms with Gasteiger partial charge >= 0.3 is 0 Å². The van der Waals surface area contributed by atoms with Crippen LogP contribution in [0.4, 0.5) is 5.69 Å². The molecule has 2 N–H and O–H groups in total. The Morgan fingerprint density at radius 2 is 1.94 bits per heavy atom. The molecule has 1 aromatic heterocycles. The standard InChI is InChI=1S/C14H16N2O2/c1-3-17-11-5-4-6-12(9-11)18-14-13(15)8-7-10(2)16-14/h4-9H,3,15H2,1-2H3. The van der Waals surface area contributed by atoms with Crippen LogP contribution in [-0.4, -0.2) is 11.6 Å². The molecule has 0 saturated heterocycles. The summed E-state index contributed by atoms with van der Waals surface area (Å²) >= 11 is 0. The highest BCUT2D eigenvalue weighted by atomic mass is 16.5. The summed E-state index contributed by atoms with van der Waals surface area (Å²) in [6, 6.07) is 11.0. The Morgan fingerprint density at radius 3 is 2.72 bits per heavy atom. The van der Waals surface area contributed by atoms with E-state index in [1.165, 1.54) is 0 Å². The summed E-state index contributed by atoms with van der Waals surface area (Å²) in [4.78, 5) is 4.26. The number of pyridine rings is 1. The van der Waals surface area contributed by atoms with Crippen molar-refractivity contribution in [1.82, 2.24) is 4.98 Å². The minimum absolute atomic E-state index is 0.420. The number of ether oxygens (including phenoxy) is 2. The molecule has 2 aromatic rings. The lowest BCUT2D eigenvalue weighted by molar-refractivity contribution is 0.338. The first kappa shape index (κ1) is 12.2. The summed E-state index contributed by atoms with van der Waals surface area (Å²) in [5.41, 5.74) is 7.19. The van der Waals surface area contributed by atoms with Crippen molar-refractivity contribution in [2.45, 2.75) is 13.8 Å². The second kappa shape index (κ2) is 5.40. The summed E-state index contributed by atoms with van der Waals surface area (Å²) in [5.74, 6) is 1.84. The Balaban J connectivity index is 2.22. The van der Waals surface area contributed by atoms with E-state index in [-0.39, 0.29) is 0 Å². The molecule has 4 nitrogen and oxygen atoms in total. The van der Waals surface area contributed by atoms with Crippen molar-refractivity contribution in [2.24, 2.45) is 0 Å². The van der Waals surface area contributed by atoms with Gasteiger partial charge in [-0.1, -0.05) is 6.07 Å². The number of hydrogen-bond donors (Lipinski definition) is 1. The van der Waals surface area contributed by atoms with Gasteiger partial charge in [0.05, 0.1) is 12.3 Å². The first-order chi connectivity index (χ1) is 8.69. The van der Waals surface area contributed by atoms with Crippen LogP contribution in [0.25, 0.3) is 0 Å². The third-order valence-corrected chi connectivity index (χ3v) is 2.36. The van der Waals surface area contributed by atoms with Gasteiger partial charge in [0.1, 0.15) is 11.5 Å². The fourth-order valence-electron chi connectivity index (χ4n) is 1.53. The fraction of sp³-hybridized carbons (Fsp3) is 0.214. The molecule has 0 amide bonds. The number of nitrogen functional groups attached to an aromatic ring is 1. The van der Waals surface area contributed by atoms with Gasteiger partial charge in [-0.3, -0.25) is 0 Å². The van der Waals surface area contributed by atoms with Crippen LogP contribution >= 0.6 is 0 Å². The highest BCUT2D eigenvalue weighted by Crippen LogP contribution is 2.27. The fourth-order valence-corrected chi connectivity index (χ4v) is 1.53. The lowest BCUT2D eigenvalue weighted by atomic mass is 10.3. The van der Waals surface area contributed by atoms with Crippen molar-refractivity contribution in [2.75, 3.05) is 12.3 Å². The second-order valence-corrected chi connectivity index (χ2v) is 3.86. The maximum absolute atomic E-state index is 5.82. The van der Waals surface area contributed by atoms with Crippen LogP contribution in [0.2, 0.25) is 0 Å². The highest BCUT2D eigenvalue weighted by molar-refractivity contribution is 5.50. The molecule has 0 aliphatic rings. The predicted molar refractivity (Wildman–Crippen MR) is 71.1 cm³/mol. The van der Waals surface area contributed by atoms with Crippen molar-refractivity contribution in [3.63, 3.8) is 0 Å². The van der Waals surface area contributed by atoms with Gasteiger partial charge in [0.15, 0.2) is 0 Å². The molecule has 94 valence electrons. The van der Waals surface area contributed by atoms with E-state index in [9.17, 15) is 0 Å². The van der Waals surface area contributed by atoms with Crippen molar-refractivity contribution in [1.29, 1.82) is 0 Å². The van der Waals surface area contributed by atoms with E-state index >= 15 is 0 Å². The van der Waals surface area contributed by atoms with Crippen molar-refractivity contribution >= 4 is 5.69 Å². The Labute approximate surface area is 106 Å². The van der Waals surface area contributed by atoms with Gasteiger partial charge < -0.3 is 15.2 Å². The predicted octanol–water partition coefficient (Wildman–Crippen LogP) is 3.16. The molecule has 0 saturated carbocycles. The molecule has 0 bridgehead atoms. The zero-order valence-corrected chi connectivity index (χ0v) is 10.5. The minimum atomic E-state index is 0.420. The second-order valence-electron chi connectivity index (χ2n) is 3.86. The molecule has 2 rings (SSSR count). The molecule has 0 atom stereocenters. The molecular formula is C14H16N2O2. The van der Waals surface area contributed by atoms with Crippen molar-refractivity contribution in [3.05, 3.63) is 42.1 Å². The van der Waals surface area contributed by atoms with E-state index in [1.54, 1.807) is 6.07 Å². The lowest BCUT2D eigenvalue weighted by Crippen LogP contribution is -1.97. The first-order valence-electron chi connectivity index (χ1n) is 5.83. The van der Waals surface area contributed by atoms with Crippen LogP contribution in [0.5, 0.6) is 17.4 Å². The van der Waals surface area contributed by atoms with E-state index < -0.39 is 0 Å². The Bertz CT molecular complexity index is 541. The zero-order valence-electron chi connectivity index (χ0n) is 10.5. The lowest BCUT2D eigenvalue weighted by Gasteiger charge is -2.09. The average Bonchev–Trinajstić information content (AvgIpc) is 2.35. The zero-order chi connectivity index (χ0) is 13.0. The maximum atomic E-state index is 5.82. The van der Waals surface area contributed by atoms with Crippen LogP contribution in [-0.2, 0) is 0 Å². The number of aromatic nitrogens is 1. The third kappa shape index (κ3) is 2.91. The molecule has 0 spiro atoms. The van der Waals surface area contributed by atoms with Crippen molar-refractivity contribution < 1.29 is 9.47 Å². The van der Waals surface area contributed by atoms with Crippen molar-refractivity contribution in [3.8, 4) is 17.4 Å². The largest absolute Gasteiger partial charge is 0.494 e. The van der Waals surface area contributed by atoms with E-state index in [1.807, 2.05) is 44.2 Å². The Kier molecular flexibility index (Phi) is 3.67. The maximum Gasteiger partial charge on any atom is 0.242 e.